The Labute approximate surface area is 118 Å². The Balaban J connectivity index is 2.03. The van der Waals surface area contributed by atoms with Crippen molar-refractivity contribution in [3.8, 4) is 11.5 Å². The molecule has 104 valence electrons. The highest BCUT2D eigenvalue weighted by Gasteiger charge is 2.10. The van der Waals surface area contributed by atoms with Crippen molar-refractivity contribution in [1.82, 2.24) is 4.98 Å². The van der Waals surface area contributed by atoms with Crippen molar-refractivity contribution < 1.29 is 19.5 Å². The molecule has 0 amide bonds. The van der Waals surface area contributed by atoms with Crippen molar-refractivity contribution in [2.24, 2.45) is 0 Å². The van der Waals surface area contributed by atoms with Gasteiger partial charge in [0.05, 0.1) is 12.8 Å². The lowest BCUT2D eigenvalue weighted by Crippen LogP contribution is -2.29. The largest absolute Gasteiger partial charge is 0.497 e. The van der Waals surface area contributed by atoms with Gasteiger partial charge in [0.2, 0.25) is 0 Å². The molecule has 2 N–H and O–H groups in total. The van der Waals surface area contributed by atoms with Crippen LogP contribution < -0.4 is 14.9 Å². The van der Waals surface area contributed by atoms with Gasteiger partial charge in [-0.05, 0) is 24.5 Å². The Hall–Kier alpha value is -2.05. The number of benzene rings is 1. The van der Waals surface area contributed by atoms with Crippen molar-refractivity contribution in [1.29, 1.82) is 0 Å². The highest BCUT2D eigenvalue weighted by Crippen LogP contribution is 2.15. The van der Waals surface area contributed by atoms with E-state index in [1.54, 1.807) is 31.4 Å². The first-order chi connectivity index (χ1) is 9.58. The molecular formula is C14H16BNO4. The Kier molecular flexibility index (Phi) is 4.60. The topological polar surface area (TPSA) is 71.8 Å². The third kappa shape index (κ3) is 3.72. The minimum absolute atomic E-state index is 0.319. The number of aryl methyl sites for hydroxylation is 1. The lowest BCUT2D eigenvalue weighted by Gasteiger charge is -2.09. The van der Waals surface area contributed by atoms with Crippen molar-refractivity contribution in [3.63, 3.8) is 0 Å². The van der Waals surface area contributed by atoms with Gasteiger partial charge in [-0.15, -0.1) is 0 Å². The van der Waals surface area contributed by atoms with E-state index >= 15 is 0 Å². The van der Waals surface area contributed by atoms with Crippen LogP contribution in [0.2, 0.25) is 0 Å². The second kappa shape index (κ2) is 6.41. The molecule has 5 nitrogen and oxygen atoms in total. The smallest absolute Gasteiger partial charge is 0.488 e. The molecule has 0 atom stereocenters. The fraction of sp³-hybridized carbons (Fsp3) is 0.214. The Morgan fingerprint density at radius 2 is 1.80 bits per heavy atom. The third-order valence-electron chi connectivity index (χ3n) is 2.78. The fourth-order valence-corrected chi connectivity index (χ4v) is 1.79. The summed E-state index contributed by atoms with van der Waals surface area (Å²) in [5.41, 5.74) is 2.06. The number of aromatic nitrogens is 1. The summed E-state index contributed by atoms with van der Waals surface area (Å²) in [6, 6.07) is 10.2. The molecule has 0 bridgehead atoms. The highest BCUT2D eigenvalue weighted by atomic mass is 16.5. The summed E-state index contributed by atoms with van der Waals surface area (Å²) >= 11 is 0. The molecular weight excluding hydrogens is 257 g/mol. The van der Waals surface area contributed by atoms with Gasteiger partial charge in [-0.3, -0.25) is 4.98 Å². The third-order valence-corrected chi connectivity index (χ3v) is 2.78. The molecule has 20 heavy (non-hydrogen) atoms. The molecule has 0 fully saturated rings. The molecule has 0 saturated heterocycles. The molecule has 1 heterocycles. The van der Waals surface area contributed by atoms with Crippen molar-refractivity contribution in [2.75, 3.05) is 7.11 Å². The molecule has 0 spiro atoms. The lowest BCUT2D eigenvalue weighted by atomic mass is 9.80. The van der Waals surface area contributed by atoms with Crippen molar-refractivity contribution >= 4 is 12.6 Å². The van der Waals surface area contributed by atoms with Crippen LogP contribution >= 0.6 is 0 Å². The summed E-state index contributed by atoms with van der Waals surface area (Å²) in [5.74, 6) is 1.38. The van der Waals surface area contributed by atoms with Crippen molar-refractivity contribution in [2.45, 2.75) is 13.5 Å². The number of pyridine rings is 1. The van der Waals surface area contributed by atoms with E-state index in [1.165, 1.54) is 0 Å². The zero-order chi connectivity index (χ0) is 14.5. The first-order valence-electron chi connectivity index (χ1n) is 6.19. The lowest BCUT2D eigenvalue weighted by molar-refractivity contribution is 0.300. The molecule has 0 aliphatic rings. The predicted octanol–water partition coefficient (Wildman–Crippen LogP) is 0.657. The van der Waals surface area contributed by atoms with Crippen LogP contribution in [0.4, 0.5) is 0 Å². The SMILES string of the molecule is COc1cc(C)nc(COc2ccc(B(O)O)cc2)c1. The van der Waals surface area contributed by atoms with E-state index in [0.717, 1.165) is 17.1 Å². The molecule has 2 rings (SSSR count). The van der Waals surface area contributed by atoms with Crippen LogP contribution in [0.5, 0.6) is 11.5 Å². The van der Waals surface area contributed by atoms with Gasteiger partial charge >= 0.3 is 7.12 Å². The molecule has 0 saturated carbocycles. The second-order valence-corrected chi connectivity index (χ2v) is 4.37. The van der Waals surface area contributed by atoms with Crippen LogP contribution in [-0.4, -0.2) is 29.3 Å². The predicted molar refractivity (Wildman–Crippen MR) is 76.1 cm³/mol. The summed E-state index contributed by atoms with van der Waals surface area (Å²) in [6.45, 7) is 2.21. The van der Waals surface area contributed by atoms with E-state index in [1.807, 2.05) is 19.1 Å². The number of hydrogen-bond acceptors (Lipinski definition) is 5. The summed E-state index contributed by atoms with van der Waals surface area (Å²) in [4.78, 5) is 4.36. The summed E-state index contributed by atoms with van der Waals surface area (Å²) in [6.07, 6.45) is 0. The van der Waals surface area contributed by atoms with Crippen LogP contribution in [0.25, 0.3) is 0 Å². The maximum absolute atomic E-state index is 9.00. The fourth-order valence-electron chi connectivity index (χ4n) is 1.79. The summed E-state index contributed by atoms with van der Waals surface area (Å²) in [5, 5.41) is 18.0. The normalized spacial score (nSPS) is 10.2. The first-order valence-corrected chi connectivity index (χ1v) is 6.19. The Bertz CT molecular complexity index is 572. The monoisotopic (exact) mass is 273 g/mol. The van der Waals surface area contributed by atoms with E-state index in [0.29, 0.717) is 17.8 Å². The number of rotatable bonds is 5. The molecule has 6 heteroatoms. The Morgan fingerprint density at radius 1 is 1.10 bits per heavy atom. The van der Waals surface area contributed by atoms with E-state index in [2.05, 4.69) is 4.98 Å². The van der Waals surface area contributed by atoms with Gasteiger partial charge in [0, 0.05) is 17.8 Å². The van der Waals surface area contributed by atoms with Gasteiger partial charge in [-0.2, -0.15) is 0 Å². The van der Waals surface area contributed by atoms with E-state index in [4.69, 9.17) is 19.5 Å². The zero-order valence-electron chi connectivity index (χ0n) is 11.4. The molecule has 0 unspecified atom stereocenters. The molecule has 0 radical (unpaired) electrons. The average Bonchev–Trinajstić information content (AvgIpc) is 2.45. The number of ether oxygens (including phenoxy) is 2. The highest BCUT2D eigenvalue weighted by molar-refractivity contribution is 6.58. The van der Waals surface area contributed by atoms with Crippen LogP contribution in [0.3, 0.4) is 0 Å². The standard InChI is InChI=1S/C14H16BNO4/c1-10-7-14(19-2)8-12(16-10)9-20-13-5-3-11(4-6-13)15(17)18/h3-8,17-18H,9H2,1-2H3. The van der Waals surface area contributed by atoms with E-state index < -0.39 is 7.12 Å². The first kappa shape index (κ1) is 14.4. The minimum atomic E-state index is -1.47. The maximum Gasteiger partial charge on any atom is 0.488 e. The average molecular weight is 273 g/mol. The van der Waals surface area contributed by atoms with E-state index in [9.17, 15) is 0 Å². The van der Waals surface area contributed by atoms with Gasteiger partial charge in [0.1, 0.15) is 18.1 Å². The Morgan fingerprint density at radius 3 is 2.40 bits per heavy atom. The molecule has 2 aromatic rings. The van der Waals surface area contributed by atoms with E-state index in [-0.39, 0.29) is 0 Å². The van der Waals surface area contributed by atoms with Gasteiger partial charge in [-0.1, -0.05) is 12.1 Å². The van der Waals surface area contributed by atoms with Gasteiger partial charge in [0.15, 0.2) is 0 Å². The van der Waals surface area contributed by atoms with Crippen LogP contribution in [0, 0.1) is 6.92 Å². The van der Waals surface area contributed by atoms with Crippen LogP contribution in [-0.2, 0) is 6.61 Å². The minimum Gasteiger partial charge on any atom is -0.497 e. The van der Waals surface area contributed by atoms with Gasteiger partial charge < -0.3 is 19.5 Å². The van der Waals surface area contributed by atoms with Gasteiger partial charge in [-0.25, -0.2) is 0 Å². The van der Waals surface area contributed by atoms with Gasteiger partial charge in [0.25, 0.3) is 0 Å². The number of nitrogens with zero attached hydrogens (tertiary/aromatic N) is 1. The summed E-state index contributed by atoms with van der Waals surface area (Å²) in [7, 11) is 0.143. The van der Waals surface area contributed by atoms with Crippen molar-refractivity contribution in [3.05, 3.63) is 47.8 Å². The summed E-state index contributed by atoms with van der Waals surface area (Å²) < 4.78 is 10.8. The molecule has 0 aliphatic carbocycles. The zero-order valence-corrected chi connectivity index (χ0v) is 11.4. The van der Waals surface area contributed by atoms with Crippen LogP contribution in [0.1, 0.15) is 11.4 Å². The quantitative estimate of drug-likeness (QED) is 0.783. The molecule has 1 aromatic heterocycles. The molecule has 0 aliphatic heterocycles. The second-order valence-electron chi connectivity index (χ2n) is 4.37. The molecule has 1 aromatic carbocycles. The van der Waals surface area contributed by atoms with Crippen LogP contribution in [0.15, 0.2) is 36.4 Å². The number of methoxy groups -OCH3 is 1. The maximum atomic E-state index is 9.00. The number of hydrogen-bond donors (Lipinski definition) is 2.